The van der Waals surface area contributed by atoms with Crippen LogP contribution in [0, 0.1) is 12.3 Å². The van der Waals surface area contributed by atoms with Gasteiger partial charge in [-0.3, -0.25) is 9.69 Å². The van der Waals surface area contributed by atoms with E-state index in [1.165, 1.54) is 4.68 Å². The second kappa shape index (κ2) is 8.20. The molecule has 0 unspecified atom stereocenters. The fourth-order valence-electron chi connectivity index (χ4n) is 2.22. The Bertz CT molecular complexity index is 552. The van der Waals surface area contributed by atoms with Crippen molar-refractivity contribution in [3.8, 4) is 12.3 Å². The molecule has 1 rings (SSSR count). The van der Waals surface area contributed by atoms with Crippen LogP contribution >= 0.6 is 15.9 Å². The molecule has 6 heteroatoms. The summed E-state index contributed by atoms with van der Waals surface area (Å²) in [6.07, 6.45) is 6.82. The highest BCUT2D eigenvalue weighted by Gasteiger charge is 2.13. The van der Waals surface area contributed by atoms with Crippen LogP contribution in [0.25, 0.3) is 0 Å². The third-order valence-electron chi connectivity index (χ3n) is 3.24. The number of nitrogens with one attached hydrogen (secondary N) is 1. The summed E-state index contributed by atoms with van der Waals surface area (Å²) in [5.41, 5.74) is 0.475. The van der Waals surface area contributed by atoms with E-state index in [0.29, 0.717) is 22.2 Å². The molecule has 0 aromatic carbocycles. The van der Waals surface area contributed by atoms with Crippen molar-refractivity contribution < 1.29 is 0 Å². The molecule has 0 amide bonds. The smallest absolute Gasteiger partial charge is 0.284 e. The highest BCUT2D eigenvalue weighted by molar-refractivity contribution is 9.10. The van der Waals surface area contributed by atoms with Crippen LogP contribution in [0.2, 0.25) is 0 Å². The van der Waals surface area contributed by atoms with Crippen LogP contribution in [0.4, 0.5) is 5.69 Å². The van der Waals surface area contributed by atoms with Gasteiger partial charge >= 0.3 is 0 Å². The number of nitrogens with zero attached hydrogens (tertiary/aromatic N) is 3. The molecule has 1 aromatic heterocycles. The number of hydrogen-bond acceptors (Lipinski definition) is 4. The minimum absolute atomic E-state index is 0.173. The van der Waals surface area contributed by atoms with Gasteiger partial charge in [-0.05, 0) is 43.6 Å². The monoisotopic (exact) mass is 354 g/mol. The first-order chi connectivity index (χ1) is 9.88. The van der Waals surface area contributed by atoms with Crippen molar-refractivity contribution in [3.05, 3.63) is 21.0 Å². The molecule has 0 aliphatic rings. The Hall–Kier alpha value is -1.32. The average Bonchev–Trinajstić information content (AvgIpc) is 2.41. The van der Waals surface area contributed by atoms with Crippen LogP contribution < -0.4 is 10.9 Å². The first-order valence-electron chi connectivity index (χ1n) is 7.07. The van der Waals surface area contributed by atoms with E-state index in [0.717, 1.165) is 13.1 Å². The number of hydrogen-bond donors (Lipinski definition) is 1. The quantitative estimate of drug-likeness (QED) is 0.762. The van der Waals surface area contributed by atoms with E-state index in [-0.39, 0.29) is 12.1 Å². The van der Waals surface area contributed by atoms with E-state index in [1.807, 2.05) is 0 Å². The average molecular weight is 355 g/mol. The zero-order chi connectivity index (χ0) is 16.0. The maximum Gasteiger partial charge on any atom is 0.284 e. The van der Waals surface area contributed by atoms with Crippen LogP contribution in [-0.2, 0) is 6.54 Å². The van der Waals surface area contributed by atoms with Crippen LogP contribution in [0.1, 0.15) is 27.7 Å². The third kappa shape index (κ3) is 4.87. The molecule has 1 N–H and O–H groups in total. The molecule has 21 heavy (non-hydrogen) atoms. The predicted molar refractivity (Wildman–Crippen MR) is 90.5 cm³/mol. The first-order valence-corrected chi connectivity index (χ1v) is 7.86. The predicted octanol–water partition coefficient (Wildman–Crippen LogP) is 2.17. The van der Waals surface area contributed by atoms with E-state index in [4.69, 9.17) is 6.42 Å². The highest BCUT2D eigenvalue weighted by atomic mass is 79.9. The molecule has 0 atom stereocenters. The van der Waals surface area contributed by atoms with Crippen LogP contribution in [0.5, 0.6) is 0 Å². The first kappa shape index (κ1) is 17.7. The van der Waals surface area contributed by atoms with Crippen molar-refractivity contribution in [2.75, 3.05) is 18.4 Å². The summed E-state index contributed by atoms with van der Waals surface area (Å²) in [5.74, 6) is 2.41. The normalized spacial score (nSPS) is 11.2. The molecule has 0 saturated heterocycles. The van der Waals surface area contributed by atoms with Gasteiger partial charge in [0.15, 0.2) is 0 Å². The maximum absolute atomic E-state index is 12.0. The minimum atomic E-state index is -0.220. The summed E-state index contributed by atoms with van der Waals surface area (Å²) in [7, 11) is 0. The van der Waals surface area contributed by atoms with Crippen molar-refractivity contribution >= 4 is 21.6 Å². The zero-order valence-corrected chi connectivity index (χ0v) is 14.6. The molecule has 0 bridgehead atoms. The number of terminal acetylenes is 1. The van der Waals surface area contributed by atoms with Crippen LogP contribution in [-0.4, -0.2) is 39.9 Å². The van der Waals surface area contributed by atoms with Gasteiger partial charge in [0, 0.05) is 25.2 Å². The Kier molecular flexibility index (Phi) is 6.93. The molecule has 0 fully saturated rings. The third-order valence-corrected chi connectivity index (χ3v) is 4.00. The summed E-state index contributed by atoms with van der Waals surface area (Å²) in [6, 6.07) is 0.967. The Balaban J connectivity index is 2.71. The Morgan fingerprint density at radius 1 is 1.43 bits per heavy atom. The molecule has 0 aliphatic carbocycles. The van der Waals surface area contributed by atoms with E-state index in [1.54, 1.807) is 6.20 Å². The van der Waals surface area contributed by atoms with E-state index in [2.05, 4.69) is 64.9 Å². The molecule has 1 heterocycles. The molecule has 0 aliphatic heterocycles. The number of anilines is 1. The van der Waals surface area contributed by atoms with Crippen molar-refractivity contribution in [3.63, 3.8) is 0 Å². The largest absolute Gasteiger partial charge is 0.381 e. The highest BCUT2D eigenvalue weighted by Crippen LogP contribution is 2.16. The van der Waals surface area contributed by atoms with Gasteiger partial charge in [0.2, 0.25) is 0 Å². The Labute approximate surface area is 134 Å². The lowest BCUT2D eigenvalue weighted by Gasteiger charge is -2.30. The zero-order valence-electron chi connectivity index (χ0n) is 13.1. The number of rotatable bonds is 7. The Morgan fingerprint density at radius 3 is 2.57 bits per heavy atom. The second-order valence-corrected chi connectivity index (χ2v) is 6.18. The number of aromatic nitrogens is 2. The second-order valence-electron chi connectivity index (χ2n) is 5.39. The summed E-state index contributed by atoms with van der Waals surface area (Å²) < 4.78 is 1.72. The summed E-state index contributed by atoms with van der Waals surface area (Å²) in [5, 5.41) is 7.30. The van der Waals surface area contributed by atoms with Crippen molar-refractivity contribution in [1.82, 2.24) is 14.7 Å². The van der Waals surface area contributed by atoms with Crippen molar-refractivity contribution in [1.29, 1.82) is 0 Å². The standard InChI is InChI=1S/C15H23BrN4O/c1-6-8-20-15(21)14(16)13(10-18-20)17-7-9-19(11(2)3)12(4)5/h1,10-12,17H,7-9H2,2-5H3. The molecule has 0 saturated carbocycles. The lowest BCUT2D eigenvalue weighted by Crippen LogP contribution is -2.40. The topological polar surface area (TPSA) is 50.2 Å². The summed E-state index contributed by atoms with van der Waals surface area (Å²) in [6.45, 7) is 10.5. The molecule has 1 aromatic rings. The van der Waals surface area contributed by atoms with Gasteiger partial charge in [-0.15, -0.1) is 6.42 Å². The van der Waals surface area contributed by atoms with Crippen LogP contribution in [0.15, 0.2) is 15.5 Å². The van der Waals surface area contributed by atoms with Gasteiger partial charge in [0.25, 0.3) is 5.56 Å². The molecular formula is C15H23BrN4O. The van der Waals surface area contributed by atoms with Gasteiger partial charge in [-0.2, -0.15) is 5.10 Å². The van der Waals surface area contributed by atoms with Gasteiger partial charge < -0.3 is 5.32 Å². The molecule has 0 radical (unpaired) electrons. The molecule has 0 spiro atoms. The fourth-order valence-corrected chi connectivity index (χ4v) is 2.67. The van der Waals surface area contributed by atoms with Gasteiger partial charge in [-0.1, -0.05) is 5.92 Å². The van der Waals surface area contributed by atoms with Crippen molar-refractivity contribution in [2.24, 2.45) is 0 Å². The lowest BCUT2D eigenvalue weighted by molar-refractivity contribution is 0.182. The molecule has 116 valence electrons. The minimum Gasteiger partial charge on any atom is -0.381 e. The van der Waals surface area contributed by atoms with Crippen LogP contribution in [0.3, 0.4) is 0 Å². The summed E-state index contributed by atoms with van der Waals surface area (Å²) in [4.78, 5) is 14.4. The van der Waals surface area contributed by atoms with E-state index in [9.17, 15) is 4.79 Å². The van der Waals surface area contributed by atoms with E-state index >= 15 is 0 Å². The van der Waals surface area contributed by atoms with Crippen molar-refractivity contribution in [2.45, 2.75) is 46.3 Å². The maximum atomic E-state index is 12.0. The molecule has 5 nitrogen and oxygen atoms in total. The summed E-state index contributed by atoms with van der Waals surface area (Å²) >= 11 is 3.31. The lowest BCUT2D eigenvalue weighted by atomic mass is 10.2. The van der Waals surface area contributed by atoms with E-state index < -0.39 is 0 Å². The van der Waals surface area contributed by atoms with Gasteiger partial charge in [0.1, 0.15) is 11.0 Å². The Morgan fingerprint density at radius 2 is 2.05 bits per heavy atom. The van der Waals surface area contributed by atoms with Gasteiger partial charge in [0.05, 0.1) is 11.9 Å². The number of halogens is 1. The van der Waals surface area contributed by atoms with Gasteiger partial charge in [-0.25, -0.2) is 4.68 Å². The SMILES string of the molecule is C#CCn1ncc(NCCN(C(C)C)C(C)C)c(Br)c1=O. The fraction of sp³-hybridized carbons (Fsp3) is 0.600. The molecular weight excluding hydrogens is 332 g/mol.